The molecule has 3 heterocycles. The Morgan fingerprint density at radius 2 is 2.21 bits per heavy atom. The zero-order valence-corrected chi connectivity index (χ0v) is 16.2. The van der Waals surface area contributed by atoms with Gasteiger partial charge in [0.1, 0.15) is 12.9 Å². The number of oxime groups is 1. The van der Waals surface area contributed by atoms with E-state index in [2.05, 4.69) is 30.2 Å². The van der Waals surface area contributed by atoms with E-state index < -0.39 is 11.9 Å². The van der Waals surface area contributed by atoms with Crippen LogP contribution in [0.4, 0.5) is 4.39 Å². The van der Waals surface area contributed by atoms with Crippen molar-refractivity contribution >= 4 is 27.4 Å². The van der Waals surface area contributed by atoms with Gasteiger partial charge in [-0.2, -0.15) is 0 Å². The lowest BCUT2D eigenvalue weighted by Gasteiger charge is -2.16. The number of nitrogens with two attached hydrogens (primary N) is 1. The highest BCUT2D eigenvalue weighted by Crippen LogP contribution is 2.31. The van der Waals surface area contributed by atoms with Crippen molar-refractivity contribution in [2.24, 2.45) is 10.9 Å². The fourth-order valence-electron chi connectivity index (χ4n) is 2.70. The molecular weight excluding hydrogens is 399 g/mol. The summed E-state index contributed by atoms with van der Waals surface area (Å²) in [6.45, 7) is 1.93. The normalized spacial score (nSPS) is 12.9. The molecule has 0 saturated heterocycles. The van der Waals surface area contributed by atoms with Crippen LogP contribution in [0.3, 0.4) is 0 Å². The van der Waals surface area contributed by atoms with E-state index in [9.17, 15) is 4.39 Å². The molecule has 4 rings (SSSR count). The van der Waals surface area contributed by atoms with Gasteiger partial charge in [-0.3, -0.25) is 4.98 Å². The number of fused-ring (bicyclic) bond motifs is 1. The predicted octanol–water partition coefficient (Wildman–Crippen LogP) is 2.96. The molecule has 0 radical (unpaired) electrons. The van der Waals surface area contributed by atoms with Crippen molar-refractivity contribution < 1.29 is 18.4 Å². The van der Waals surface area contributed by atoms with Crippen molar-refractivity contribution in [3.63, 3.8) is 0 Å². The van der Waals surface area contributed by atoms with Gasteiger partial charge in [-0.15, -0.1) is 21.5 Å². The number of thiazole rings is 1. The highest BCUT2D eigenvalue weighted by Gasteiger charge is 2.25. The molecule has 0 fully saturated rings. The second-order valence-electron chi connectivity index (χ2n) is 5.89. The number of nitrogens with zero attached hydrogens (tertiary/aromatic N) is 5. The first-order chi connectivity index (χ1) is 14.0. The number of aryl methyl sites for hydroxylation is 1. The van der Waals surface area contributed by atoms with Gasteiger partial charge in [-0.1, -0.05) is 5.16 Å². The largest absolute Gasteiger partial charge is 0.474 e. The summed E-state index contributed by atoms with van der Waals surface area (Å²) >= 11 is 1.55. The minimum Gasteiger partial charge on any atom is -0.474 e. The number of benzene rings is 1. The molecule has 29 heavy (non-hydrogen) atoms. The summed E-state index contributed by atoms with van der Waals surface area (Å²) in [7, 11) is 1.31. The van der Waals surface area contributed by atoms with Crippen molar-refractivity contribution in [1.29, 1.82) is 0 Å². The first kappa shape index (κ1) is 18.7. The van der Waals surface area contributed by atoms with Crippen LogP contribution in [0, 0.1) is 12.7 Å². The number of amidine groups is 1. The molecule has 0 spiro atoms. The second kappa shape index (κ2) is 7.80. The average Bonchev–Trinajstić information content (AvgIpc) is 3.35. The third kappa shape index (κ3) is 3.85. The topological polar surface area (TPSA) is 122 Å². The molecule has 0 aliphatic heterocycles. The van der Waals surface area contributed by atoms with Gasteiger partial charge < -0.3 is 19.7 Å². The zero-order valence-electron chi connectivity index (χ0n) is 15.4. The maximum atomic E-state index is 14.2. The third-order valence-corrected chi connectivity index (χ3v) is 4.87. The summed E-state index contributed by atoms with van der Waals surface area (Å²) in [6.07, 6.45) is 1.30. The van der Waals surface area contributed by atoms with Gasteiger partial charge >= 0.3 is 0 Å². The van der Waals surface area contributed by atoms with Crippen LogP contribution in [0.25, 0.3) is 10.2 Å². The van der Waals surface area contributed by atoms with Crippen LogP contribution in [0.5, 0.6) is 5.75 Å². The molecule has 11 heteroatoms. The molecule has 0 aliphatic carbocycles. The van der Waals surface area contributed by atoms with Crippen LogP contribution in [0.2, 0.25) is 0 Å². The molecule has 4 aromatic rings. The first-order valence-electron chi connectivity index (χ1n) is 8.37. The fourth-order valence-corrected chi connectivity index (χ4v) is 3.56. The Hall–Kier alpha value is -3.60. The summed E-state index contributed by atoms with van der Waals surface area (Å²) in [6, 6.07) is 6.88. The van der Waals surface area contributed by atoms with Crippen LogP contribution in [0.1, 0.15) is 28.3 Å². The quantitative estimate of drug-likeness (QED) is 0.290. The lowest BCUT2D eigenvalue weighted by Crippen LogP contribution is -2.19. The summed E-state index contributed by atoms with van der Waals surface area (Å²) in [5.74, 6) is -0.106. The van der Waals surface area contributed by atoms with E-state index in [-0.39, 0.29) is 17.3 Å². The number of rotatable bonds is 6. The lowest BCUT2D eigenvalue weighted by atomic mass is 10.1. The number of aromatic nitrogens is 4. The molecule has 2 N–H and O–H groups in total. The highest BCUT2D eigenvalue weighted by atomic mass is 32.1. The maximum Gasteiger partial charge on any atom is 0.263 e. The van der Waals surface area contributed by atoms with Crippen molar-refractivity contribution in [2.75, 3.05) is 7.11 Å². The van der Waals surface area contributed by atoms with Crippen LogP contribution in [-0.2, 0) is 4.84 Å². The van der Waals surface area contributed by atoms with E-state index in [1.54, 1.807) is 17.4 Å². The number of halogens is 1. The van der Waals surface area contributed by atoms with Crippen LogP contribution >= 0.6 is 11.3 Å². The van der Waals surface area contributed by atoms with E-state index in [4.69, 9.17) is 14.9 Å². The molecular formula is C18H15FN6O3S. The Balaban J connectivity index is 1.74. The van der Waals surface area contributed by atoms with Gasteiger partial charge in [0, 0.05) is 0 Å². The van der Waals surface area contributed by atoms with E-state index in [1.165, 1.54) is 19.6 Å². The van der Waals surface area contributed by atoms with Crippen molar-refractivity contribution in [1.82, 2.24) is 20.2 Å². The summed E-state index contributed by atoms with van der Waals surface area (Å²) in [4.78, 5) is 13.2. The molecule has 1 unspecified atom stereocenters. The maximum absolute atomic E-state index is 14.2. The van der Waals surface area contributed by atoms with E-state index in [0.717, 1.165) is 21.4 Å². The Labute approximate surface area is 168 Å². The van der Waals surface area contributed by atoms with Gasteiger partial charge in [-0.25, -0.2) is 9.37 Å². The van der Waals surface area contributed by atoms with Gasteiger partial charge in [-0.05, 0) is 31.2 Å². The molecule has 0 aliphatic rings. The average molecular weight is 414 g/mol. The number of hydrogen-bond acceptors (Lipinski definition) is 9. The first-order valence-corrected chi connectivity index (χ1v) is 9.19. The van der Waals surface area contributed by atoms with Crippen molar-refractivity contribution in [3.05, 3.63) is 64.8 Å². The summed E-state index contributed by atoms with van der Waals surface area (Å²) < 4.78 is 26.5. The van der Waals surface area contributed by atoms with Gasteiger partial charge in [0.15, 0.2) is 11.7 Å². The minimum absolute atomic E-state index is 0.0125. The van der Waals surface area contributed by atoms with E-state index in [1.807, 2.05) is 19.1 Å². The minimum atomic E-state index is -0.890. The standard InChI is InChI=1S/C18H15FN6O3S/c1-9-23-13-4-3-10(5-15(13)29-9)28-16(18-24-22-8-27-18)14-6-11(12(19)7-21-14)17(20)25-26-2/h3-8,16H,1-2H3,(H2,20,25). The van der Waals surface area contributed by atoms with Gasteiger partial charge in [0.2, 0.25) is 12.5 Å². The lowest BCUT2D eigenvalue weighted by molar-refractivity contribution is 0.203. The number of pyridine rings is 1. The molecule has 0 amide bonds. The molecule has 0 saturated carbocycles. The van der Waals surface area contributed by atoms with Crippen LogP contribution < -0.4 is 10.5 Å². The van der Waals surface area contributed by atoms with Gasteiger partial charge in [0.25, 0.3) is 5.89 Å². The SMILES string of the molecule is CO/N=C(\N)c1cc(C(Oc2ccc3nc(C)sc3c2)c2nnco2)ncc1F. The Morgan fingerprint density at radius 3 is 2.97 bits per heavy atom. The van der Waals surface area contributed by atoms with Crippen molar-refractivity contribution in [2.45, 2.75) is 13.0 Å². The third-order valence-electron chi connectivity index (χ3n) is 3.93. The van der Waals surface area contributed by atoms with Crippen molar-refractivity contribution in [3.8, 4) is 5.75 Å². The zero-order chi connectivity index (χ0) is 20.4. The number of hydrogen-bond donors (Lipinski definition) is 1. The molecule has 148 valence electrons. The molecule has 9 nitrogen and oxygen atoms in total. The monoisotopic (exact) mass is 414 g/mol. The second-order valence-corrected chi connectivity index (χ2v) is 7.12. The Kier molecular flexibility index (Phi) is 5.04. The molecule has 0 bridgehead atoms. The fraction of sp³-hybridized carbons (Fsp3) is 0.167. The highest BCUT2D eigenvalue weighted by molar-refractivity contribution is 7.18. The smallest absolute Gasteiger partial charge is 0.263 e. The van der Waals surface area contributed by atoms with E-state index >= 15 is 0 Å². The Bertz CT molecular complexity index is 1180. The van der Waals surface area contributed by atoms with Gasteiger partial charge in [0.05, 0.1) is 32.7 Å². The predicted molar refractivity (Wildman–Crippen MR) is 103 cm³/mol. The molecule has 3 aromatic heterocycles. The summed E-state index contributed by atoms with van der Waals surface area (Å²) in [5.41, 5.74) is 6.96. The Morgan fingerprint density at radius 1 is 1.34 bits per heavy atom. The molecule has 1 aromatic carbocycles. The van der Waals surface area contributed by atoms with E-state index in [0.29, 0.717) is 11.4 Å². The van der Waals surface area contributed by atoms with Crippen LogP contribution in [-0.4, -0.2) is 33.1 Å². The summed E-state index contributed by atoms with van der Waals surface area (Å²) in [5, 5.41) is 12.1. The molecule has 1 atom stereocenters. The number of ether oxygens (including phenoxy) is 1. The van der Waals surface area contributed by atoms with Crippen LogP contribution in [0.15, 0.2) is 46.4 Å².